The van der Waals surface area contributed by atoms with E-state index in [0.717, 1.165) is 12.1 Å². The van der Waals surface area contributed by atoms with Gasteiger partial charge in [-0.1, -0.05) is 18.2 Å². The van der Waals surface area contributed by atoms with Crippen molar-refractivity contribution >= 4 is 0 Å². The Morgan fingerprint density at radius 1 is 0.952 bits per heavy atom. The van der Waals surface area contributed by atoms with E-state index in [-0.39, 0.29) is 23.5 Å². The van der Waals surface area contributed by atoms with E-state index in [0.29, 0.717) is 12.0 Å². The van der Waals surface area contributed by atoms with Gasteiger partial charge in [0, 0.05) is 17.6 Å². The van der Waals surface area contributed by atoms with Gasteiger partial charge in [0.1, 0.15) is 17.5 Å². The Hall–Kier alpha value is -1.81. The molecule has 0 amide bonds. The lowest BCUT2D eigenvalue weighted by molar-refractivity contribution is 0.452. The summed E-state index contributed by atoms with van der Waals surface area (Å²) in [5.41, 5.74) is 0.875. The Morgan fingerprint density at radius 3 is 2.38 bits per heavy atom. The molecule has 1 N–H and O–H groups in total. The lowest BCUT2D eigenvalue weighted by Crippen LogP contribution is -2.31. The van der Waals surface area contributed by atoms with Crippen LogP contribution in [-0.4, -0.2) is 6.04 Å². The van der Waals surface area contributed by atoms with Gasteiger partial charge in [-0.2, -0.15) is 0 Å². The van der Waals surface area contributed by atoms with Gasteiger partial charge in [-0.15, -0.1) is 0 Å². The highest BCUT2D eigenvalue weighted by atomic mass is 19.1. The first-order chi connectivity index (χ1) is 9.97. The summed E-state index contributed by atoms with van der Waals surface area (Å²) in [6, 6.07) is 9.52. The summed E-state index contributed by atoms with van der Waals surface area (Å²) in [7, 11) is 0. The number of halogens is 3. The van der Waals surface area contributed by atoms with Crippen molar-refractivity contribution in [3.63, 3.8) is 0 Å². The van der Waals surface area contributed by atoms with E-state index in [1.54, 1.807) is 25.1 Å². The first kappa shape index (κ1) is 15.6. The Bertz CT molecular complexity index is 613. The molecule has 2 rings (SSSR count). The smallest absolute Gasteiger partial charge is 0.128 e. The van der Waals surface area contributed by atoms with E-state index in [1.807, 2.05) is 6.92 Å². The van der Waals surface area contributed by atoms with Crippen LogP contribution in [0.4, 0.5) is 13.2 Å². The van der Waals surface area contributed by atoms with Crippen LogP contribution in [0.2, 0.25) is 0 Å². The Balaban J connectivity index is 2.04. The standard InChI is InChI=1S/C17H18F3N/c1-11(9-13-5-3-4-6-16(13)19)21-12(2)15-10-14(18)7-8-17(15)20/h3-8,10-12,21H,9H2,1-2H3. The molecular formula is C17H18F3N. The normalized spacial score (nSPS) is 14.0. The van der Waals surface area contributed by atoms with Crippen molar-refractivity contribution in [2.75, 3.05) is 0 Å². The van der Waals surface area contributed by atoms with Gasteiger partial charge >= 0.3 is 0 Å². The Kier molecular flexibility index (Phi) is 5.02. The fourth-order valence-corrected chi connectivity index (χ4v) is 2.42. The Morgan fingerprint density at radius 2 is 1.67 bits per heavy atom. The number of benzene rings is 2. The molecule has 0 heterocycles. The minimum atomic E-state index is -0.471. The highest BCUT2D eigenvalue weighted by Crippen LogP contribution is 2.19. The minimum Gasteiger partial charge on any atom is -0.307 e. The molecule has 0 fully saturated rings. The van der Waals surface area contributed by atoms with Crippen molar-refractivity contribution in [3.05, 3.63) is 71.0 Å². The van der Waals surface area contributed by atoms with Gasteiger partial charge in [-0.05, 0) is 50.1 Å². The molecule has 2 atom stereocenters. The van der Waals surface area contributed by atoms with E-state index in [9.17, 15) is 13.2 Å². The zero-order valence-corrected chi connectivity index (χ0v) is 12.0. The molecule has 21 heavy (non-hydrogen) atoms. The van der Waals surface area contributed by atoms with E-state index >= 15 is 0 Å². The zero-order valence-electron chi connectivity index (χ0n) is 12.0. The van der Waals surface area contributed by atoms with E-state index in [1.165, 1.54) is 12.1 Å². The summed E-state index contributed by atoms with van der Waals surface area (Å²) in [6.07, 6.45) is 0.480. The molecule has 0 aliphatic carbocycles. The van der Waals surface area contributed by atoms with Gasteiger partial charge in [0.2, 0.25) is 0 Å². The van der Waals surface area contributed by atoms with Crippen LogP contribution < -0.4 is 5.32 Å². The van der Waals surface area contributed by atoms with Gasteiger partial charge in [-0.25, -0.2) is 13.2 Å². The lowest BCUT2D eigenvalue weighted by atomic mass is 10.0. The van der Waals surface area contributed by atoms with E-state index in [2.05, 4.69) is 5.32 Å². The second kappa shape index (κ2) is 6.76. The molecule has 0 aromatic heterocycles. The summed E-state index contributed by atoms with van der Waals surface area (Å²) in [6.45, 7) is 3.65. The molecule has 0 bridgehead atoms. The third kappa shape index (κ3) is 4.08. The minimum absolute atomic E-state index is 0.0698. The predicted molar refractivity (Wildman–Crippen MR) is 77.5 cm³/mol. The topological polar surface area (TPSA) is 12.0 Å². The molecule has 2 aromatic rings. The van der Waals surface area contributed by atoms with Crippen LogP contribution in [0.15, 0.2) is 42.5 Å². The molecule has 0 spiro atoms. The van der Waals surface area contributed by atoms with Gasteiger partial charge < -0.3 is 5.32 Å². The molecule has 2 aromatic carbocycles. The van der Waals surface area contributed by atoms with Gasteiger partial charge in [-0.3, -0.25) is 0 Å². The quantitative estimate of drug-likeness (QED) is 0.862. The molecule has 0 saturated carbocycles. The molecule has 4 heteroatoms. The molecule has 2 unspecified atom stereocenters. The third-order valence-corrected chi connectivity index (χ3v) is 3.44. The van der Waals surface area contributed by atoms with Crippen LogP contribution in [0.25, 0.3) is 0 Å². The maximum absolute atomic E-state index is 13.7. The largest absolute Gasteiger partial charge is 0.307 e. The molecule has 1 nitrogen and oxygen atoms in total. The summed E-state index contributed by atoms with van der Waals surface area (Å²) >= 11 is 0. The molecule has 0 aliphatic heterocycles. The number of rotatable bonds is 5. The van der Waals surface area contributed by atoms with Crippen LogP contribution in [0, 0.1) is 17.5 Å². The van der Waals surface area contributed by atoms with Crippen LogP contribution in [0.5, 0.6) is 0 Å². The first-order valence-electron chi connectivity index (χ1n) is 6.91. The fraction of sp³-hybridized carbons (Fsp3) is 0.294. The zero-order chi connectivity index (χ0) is 15.4. The van der Waals surface area contributed by atoms with Crippen molar-refractivity contribution < 1.29 is 13.2 Å². The third-order valence-electron chi connectivity index (χ3n) is 3.44. The van der Waals surface area contributed by atoms with E-state index < -0.39 is 11.6 Å². The van der Waals surface area contributed by atoms with Crippen LogP contribution in [0.1, 0.15) is 31.0 Å². The highest BCUT2D eigenvalue weighted by molar-refractivity contribution is 5.22. The lowest BCUT2D eigenvalue weighted by Gasteiger charge is -2.21. The Labute approximate surface area is 122 Å². The van der Waals surface area contributed by atoms with Crippen molar-refractivity contribution in [2.24, 2.45) is 0 Å². The SMILES string of the molecule is CC(Cc1ccccc1F)NC(C)c1cc(F)ccc1F. The highest BCUT2D eigenvalue weighted by Gasteiger charge is 2.15. The summed E-state index contributed by atoms with van der Waals surface area (Å²) in [5.74, 6) is -1.17. The fourth-order valence-electron chi connectivity index (χ4n) is 2.42. The van der Waals surface area contributed by atoms with E-state index in [4.69, 9.17) is 0 Å². The molecule has 0 saturated heterocycles. The predicted octanol–water partition coefficient (Wildman–Crippen LogP) is 4.39. The number of hydrogen-bond acceptors (Lipinski definition) is 1. The monoisotopic (exact) mass is 293 g/mol. The van der Waals surface area contributed by atoms with Crippen LogP contribution in [-0.2, 0) is 6.42 Å². The first-order valence-corrected chi connectivity index (χ1v) is 6.91. The maximum Gasteiger partial charge on any atom is 0.128 e. The van der Waals surface area contributed by atoms with Crippen molar-refractivity contribution in [2.45, 2.75) is 32.4 Å². The van der Waals surface area contributed by atoms with Crippen molar-refractivity contribution in [1.29, 1.82) is 0 Å². The van der Waals surface area contributed by atoms with Crippen molar-refractivity contribution in [3.8, 4) is 0 Å². The second-order valence-electron chi connectivity index (χ2n) is 5.25. The van der Waals surface area contributed by atoms with Crippen molar-refractivity contribution in [1.82, 2.24) is 5.32 Å². The van der Waals surface area contributed by atoms with Gasteiger partial charge in [0.05, 0.1) is 0 Å². The molecule has 0 radical (unpaired) electrons. The summed E-state index contributed by atoms with van der Waals surface area (Å²) in [5, 5.41) is 3.17. The molecular weight excluding hydrogens is 275 g/mol. The molecule has 112 valence electrons. The van der Waals surface area contributed by atoms with Gasteiger partial charge in [0.25, 0.3) is 0 Å². The number of hydrogen-bond donors (Lipinski definition) is 1. The average molecular weight is 293 g/mol. The number of nitrogens with one attached hydrogen (secondary N) is 1. The average Bonchev–Trinajstić information content (AvgIpc) is 2.44. The second-order valence-corrected chi connectivity index (χ2v) is 5.25. The maximum atomic E-state index is 13.7. The summed E-state index contributed by atoms with van der Waals surface area (Å²) < 4.78 is 40.5. The summed E-state index contributed by atoms with van der Waals surface area (Å²) in [4.78, 5) is 0. The van der Waals surface area contributed by atoms with Crippen LogP contribution in [0.3, 0.4) is 0 Å². The molecule has 0 aliphatic rings. The van der Waals surface area contributed by atoms with Crippen LogP contribution >= 0.6 is 0 Å². The van der Waals surface area contributed by atoms with Gasteiger partial charge in [0.15, 0.2) is 0 Å².